The largest absolute Gasteiger partial charge is 1.00 e. The predicted octanol–water partition coefficient (Wildman–Crippen LogP) is 2.70. The number of oxime groups is 1. The third-order valence-corrected chi connectivity index (χ3v) is 7.41. The van der Waals surface area contributed by atoms with E-state index in [1.165, 1.54) is 12.2 Å². The van der Waals surface area contributed by atoms with Gasteiger partial charge in [0.15, 0.2) is 6.61 Å². The molecule has 2 unspecified atom stereocenters. The maximum Gasteiger partial charge on any atom is 1.00 e. The molecule has 0 N–H and O–H groups in total. The van der Waals surface area contributed by atoms with Gasteiger partial charge in [0.05, 0.1) is 5.71 Å². The first-order chi connectivity index (χ1) is 15.0. The van der Waals surface area contributed by atoms with Crippen molar-refractivity contribution in [1.82, 2.24) is 0 Å². The topological polar surface area (TPSA) is 65.0 Å². The summed E-state index contributed by atoms with van der Waals surface area (Å²) in [5.74, 6) is 2.93. The molecule has 1 aromatic rings. The van der Waals surface area contributed by atoms with Crippen molar-refractivity contribution < 1.29 is 72.0 Å². The third kappa shape index (κ3) is 8.40. The van der Waals surface area contributed by atoms with Gasteiger partial charge in [-0.15, -0.1) is 0 Å². The average molecular weight is 506 g/mol. The molecular formula is C24H33ClKNO4S. The number of hydrogen-bond donors (Lipinski definition) is 0. The molecule has 3 rings (SSSR count). The number of thioether (sulfide) groups is 1. The Hall–Kier alpha value is 0.106. The van der Waals surface area contributed by atoms with Crippen LogP contribution in [-0.2, 0) is 14.4 Å². The van der Waals surface area contributed by atoms with Crippen LogP contribution in [0.2, 0.25) is 5.02 Å². The van der Waals surface area contributed by atoms with Gasteiger partial charge in [-0.05, 0) is 73.8 Å². The van der Waals surface area contributed by atoms with E-state index < -0.39 is 5.92 Å². The minimum absolute atomic E-state index is 0. The molecule has 172 valence electrons. The molecule has 2 aliphatic rings. The Bertz CT molecular complexity index is 771. The summed E-state index contributed by atoms with van der Waals surface area (Å²) >= 11 is 7.84. The molecule has 2 fully saturated rings. The molecule has 2 atom stereocenters. The molecule has 1 saturated heterocycles. The number of ether oxygens (including phenoxy) is 1. The molecular weight excluding hydrogens is 473 g/mol. The Kier molecular flexibility index (Phi) is 12.8. The maximum absolute atomic E-state index is 12.9. The molecule has 32 heavy (non-hydrogen) atoms. The number of rotatable bonds is 9. The number of hydrogen-bond acceptors (Lipinski definition) is 6. The molecule has 0 radical (unpaired) electrons. The van der Waals surface area contributed by atoms with E-state index in [9.17, 15) is 9.59 Å². The second-order valence-corrected chi connectivity index (χ2v) is 10.1. The molecule has 1 saturated carbocycles. The smallest absolute Gasteiger partial charge is 1.00 e. The second kappa shape index (κ2) is 14.5. The summed E-state index contributed by atoms with van der Waals surface area (Å²) in [6.45, 7) is 4.13. The Morgan fingerprint density at radius 3 is 2.50 bits per heavy atom. The van der Waals surface area contributed by atoms with Gasteiger partial charge in [0, 0.05) is 17.9 Å². The number of carbonyl (C=O) groups excluding carboxylic acids is 2. The van der Waals surface area contributed by atoms with Crippen LogP contribution in [0, 0.1) is 17.8 Å². The summed E-state index contributed by atoms with van der Waals surface area (Å²) in [7, 11) is 0. The van der Waals surface area contributed by atoms with Crippen molar-refractivity contribution in [2.45, 2.75) is 58.5 Å². The van der Waals surface area contributed by atoms with E-state index >= 15 is 0 Å². The van der Waals surface area contributed by atoms with Crippen LogP contribution in [-0.4, -0.2) is 41.5 Å². The van der Waals surface area contributed by atoms with Gasteiger partial charge >= 0.3 is 51.4 Å². The van der Waals surface area contributed by atoms with E-state index in [0.717, 1.165) is 18.6 Å². The third-order valence-electron chi connectivity index (χ3n) is 5.91. The summed E-state index contributed by atoms with van der Waals surface area (Å²) < 4.78 is 5.79. The number of benzene rings is 1. The molecule has 1 aliphatic heterocycles. The number of carbonyl (C=O) groups is 2. The van der Waals surface area contributed by atoms with E-state index in [1.807, 2.05) is 25.6 Å². The molecule has 0 aromatic heterocycles. The summed E-state index contributed by atoms with van der Waals surface area (Å²) in [6, 6.07) is 7.12. The first-order valence-electron chi connectivity index (χ1n) is 11.2. The Labute approximate surface area is 244 Å². The average Bonchev–Trinajstić information content (AvgIpc) is 2.75. The van der Waals surface area contributed by atoms with Crippen LogP contribution in [0.5, 0.6) is 5.75 Å². The predicted molar refractivity (Wildman–Crippen MR) is 127 cm³/mol. The quantitative estimate of drug-likeness (QED) is 0.223. The molecule has 1 aliphatic carbocycles. The normalized spacial score (nSPS) is 25.1. The Balaban J connectivity index is 0.00000272. The fraction of sp³-hybridized carbons (Fsp3) is 0.625. The zero-order valence-electron chi connectivity index (χ0n) is 20.3. The van der Waals surface area contributed by atoms with Gasteiger partial charge in [-0.1, -0.05) is 30.1 Å². The fourth-order valence-electron chi connectivity index (χ4n) is 4.35. The van der Waals surface area contributed by atoms with E-state index in [4.69, 9.17) is 21.2 Å². The maximum atomic E-state index is 12.9. The zero-order valence-corrected chi connectivity index (χ0v) is 24.0. The zero-order chi connectivity index (χ0) is 22.2. The van der Waals surface area contributed by atoms with Crippen LogP contribution in [0.3, 0.4) is 0 Å². The van der Waals surface area contributed by atoms with Crippen molar-refractivity contribution in [3.8, 4) is 5.75 Å². The standard InChI is InChI=1S/C24H32ClNO4S.K.H/c1-3-5-21(26-29-14-16(2)30-20-9-7-19(25)8-10-20)24-22(27)12-18(13-23(24)28)17-6-4-11-31-15-17;;/h7-10,16-18,24H,3-6,11-15H2,1-2H3;;/q;+1;-1. The van der Waals surface area contributed by atoms with Crippen molar-refractivity contribution in [3.63, 3.8) is 0 Å². The van der Waals surface area contributed by atoms with Gasteiger partial charge in [-0.3, -0.25) is 9.59 Å². The van der Waals surface area contributed by atoms with Gasteiger partial charge in [0.1, 0.15) is 29.3 Å². The molecule has 5 nitrogen and oxygen atoms in total. The van der Waals surface area contributed by atoms with Crippen LogP contribution in [0.4, 0.5) is 0 Å². The summed E-state index contributed by atoms with van der Waals surface area (Å²) in [4.78, 5) is 31.4. The molecule has 0 spiro atoms. The molecule has 1 heterocycles. The summed E-state index contributed by atoms with van der Waals surface area (Å²) in [5.41, 5.74) is 0.563. The Morgan fingerprint density at radius 2 is 1.91 bits per heavy atom. The van der Waals surface area contributed by atoms with Gasteiger partial charge in [-0.2, -0.15) is 11.8 Å². The minimum Gasteiger partial charge on any atom is -1.00 e. The van der Waals surface area contributed by atoms with Gasteiger partial charge in [0.25, 0.3) is 0 Å². The van der Waals surface area contributed by atoms with Crippen LogP contribution in [0.15, 0.2) is 29.4 Å². The summed E-state index contributed by atoms with van der Waals surface area (Å²) in [6.07, 6.45) is 4.44. The van der Waals surface area contributed by atoms with Crippen LogP contribution in [0.1, 0.15) is 53.8 Å². The van der Waals surface area contributed by atoms with Crippen molar-refractivity contribution in [2.24, 2.45) is 22.9 Å². The van der Waals surface area contributed by atoms with E-state index in [2.05, 4.69) is 5.16 Å². The first kappa shape index (κ1) is 28.3. The minimum atomic E-state index is -0.736. The van der Waals surface area contributed by atoms with Gasteiger partial charge in [0.2, 0.25) is 0 Å². The molecule has 0 bridgehead atoms. The molecule has 0 amide bonds. The second-order valence-electron chi connectivity index (χ2n) is 8.52. The van der Waals surface area contributed by atoms with Crippen molar-refractivity contribution in [3.05, 3.63) is 29.3 Å². The number of ketones is 2. The van der Waals surface area contributed by atoms with Crippen LogP contribution in [0.25, 0.3) is 0 Å². The van der Waals surface area contributed by atoms with Crippen molar-refractivity contribution in [1.29, 1.82) is 0 Å². The first-order valence-corrected chi connectivity index (χ1v) is 12.7. The van der Waals surface area contributed by atoms with Crippen molar-refractivity contribution in [2.75, 3.05) is 18.1 Å². The van der Waals surface area contributed by atoms with Crippen LogP contribution < -0.4 is 56.1 Å². The summed E-state index contributed by atoms with van der Waals surface area (Å²) in [5, 5.41) is 4.89. The van der Waals surface area contributed by atoms with E-state index in [-0.39, 0.29) is 83.0 Å². The molecule has 1 aromatic carbocycles. The van der Waals surface area contributed by atoms with E-state index in [1.54, 1.807) is 24.3 Å². The SMILES string of the molecule is CCCC(=NOCC(C)Oc1ccc(Cl)cc1)C1C(=O)CC(C2CCCSC2)CC1=O.[H-].[K+]. The van der Waals surface area contributed by atoms with Crippen molar-refractivity contribution >= 4 is 40.6 Å². The number of Topliss-reactive ketones (excluding diaryl/α,β-unsaturated/α-hetero) is 2. The van der Waals surface area contributed by atoms with Gasteiger partial charge < -0.3 is 11.0 Å². The monoisotopic (exact) mass is 505 g/mol. The molecule has 8 heteroatoms. The van der Waals surface area contributed by atoms with E-state index in [0.29, 0.717) is 41.7 Å². The number of nitrogens with zero attached hydrogens (tertiary/aromatic N) is 1. The fourth-order valence-corrected chi connectivity index (χ4v) is 5.76. The van der Waals surface area contributed by atoms with Crippen LogP contribution >= 0.6 is 23.4 Å². The Morgan fingerprint density at radius 1 is 1.22 bits per heavy atom. The number of halogens is 1. The van der Waals surface area contributed by atoms with Gasteiger partial charge in [-0.25, -0.2) is 0 Å².